The minimum atomic E-state index is 0.523. The molecule has 2 heterocycles. The summed E-state index contributed by atoms with van der Waals surface area (Å²) in [4.78, 5) is 9.36. The van der Waals surface area contributed by atoms with Crippen molar-refractivity contribution in [2.45, 2.75) is 24.7 Å². The smallest absolute Gasteiger partial charge is 0.0705 e. The standard InChI is InChI=1S/C18H16N2/c1-2-6-16-13(5-1)8-11-18(20-16)15-10-9-14(15)17-7-3-4-12-19-17/h1-8,11-12,14-15H,9-10H2/t14-,15-/m1/s1. The molecule has 0 aliphatic heterocycles. The average Bonchev–Trinajstić information content (AvgIpc) is 2.47. The lowest BCUT2D eigenvalue weighted by atomic mass is 9.70. The molecule has 1 aromatic carbocycles. The van der Waals surface area contributed by atoms with Crippen molar-refractivity contribution in [1.82, 2.24) is 9.97 Å². The van der Waals surface area contributed by atoms with Gasteiger partial charge in [0.05, 0.1) is 5.52 Å². The Morgan fingerprint density at radius 1 is 0.750 bits per heavy atom. The Morgan fingerprint density at radius 2 is 1.55 bits per heavy atom. The minimum Gasteiger partial charge on any atom is -0.261 e. The quantitative estimate of drug-likeness (QED) is 0.687. The van der Waals surface area contributed by atoms with Gasteiger partial charge in [0.25, 0.3) is 0 Å². The van der Waals surface area contributed by atoms with Crippen LogP contribution in [-0.2, 0) is 0 Å². The number of rotatable bonds is 2. The maximum atomic E-state index is 4.85. The van der Waals surface area contributed by atoms with Gasteiger partial charge in [-0.1, -0.05) is 30.3 Å². The molecule has 0 saturated heterocycles. The van der Waals surface area contributed by atoms with Crippen molar-refractivity contribution < 1.29 is 0 Å². The van der Waals surface area contributed by atoms with Gasteiger partial charge in [-0.25, -0.2) is 0 Å². The number of fused-ring (bicyclic) bond motifs is 1. The van der Waals surface area contributed by atoms with Crippen LogP contribution < -0.4 is 0 Å². The van der Waals surface area contributed by atoms with E-state index < -0.39 is 0 Å². The molecule has 0 N–H and O–H groups in total. The SMILES string of the molecule is c1ccc([C@@H]2CC[C@H]2c2ccc3ccccc3n2)nc1. The molecule has 1 aliphatic carbocycles. The first-order valence-corrected chi connectivity index (χ1v) is 7.18. The largest absolute Gasteiger partial charge is 0.261 e. The Hall–Kier alpha value is -2.22. The van der Waals surface area contributed by atoms with E-state index in [4.69, 9.17) is 4.98 Å². The molecule has 2 heteroatoms. The van der Waals surface area contributed by atoms with Gasteiger partial charge in [0, 0.05) is 34.8 Å². The molecule has 20 heavy (non-hydrogen) atoms. The van der Waals surface area contributed by atoms with Crippen LogP contribution in [0.1, 0.15) is 36.1 Å². The van der Waals surface area contributed by atoms with E-state index in [0.29, 0.717) is 11.8 Å². The van der Waals surface area contributed by atoms with Gasteiger partial charge in [-0.2, -0.15) is 0 Å². The molecule has 98 valence electrons. The van der Waals surface area contributed by atoms with Gasteiger partial charge in [0.2, 0.25) is 0 Å². The van der Waals surface area contributed by atoms with E-state index in [1.165, 1.54) is 29.6 Å². The first kappa shape index (κ1) is 11.6. The van der Waals surface area contributed by atoms with Crippen molar-refractivity contribution in [2.75, 3.05) is 0 Å². The summed E-state index contributed by atoms with van der Waals surface area (Å²) in [6.07, 6.45) is 4.32. The van der Waals surface area contributed by atoms with Crippen molar-refractivity contribution in [3.63, 3.8) is 0 Å². The van der Waals surface area contributed by atoms with Gasteiger partial charge < -0.3 is 0 Å². The predicted octanol–water partition coefficient (Wildman–Crippen LogP) is 4.29. The van der Waals surface area contributed by atoms with E-state index in [9.17, 15) is 0 Å². The Morgan fingerprint density at radius 3 is 2.35 bits per heavy atom. The van der Waals surface area contributed by atoms with Crippen molar-refractivity contribution in [3.8, 4) is 0 Å². The summed E-state index contributed by atoms with van der Waals surface area (Å²) in [5.41, 5.74) is 3.51. The second-order valence-electron chi connectivity index (χ2n) is 5.47. The third-order valence-corrected chi connectivity index (χ3v) is 4.34. The minimum absolute atomic E-state index is 0.523. The van der Waals surface area contributed by atoms with Gasteiger partial charge >= 0.3 is 0 Å². The zero-order valence-electron chi connectivity index (χ0n) is 11.2. The first-order chi connectivity index (χ1) is 9.92. The summed E-state index contributed by atoms with van der Waals surface area (Å²) < 4.78 is 0. The molecule has 0 bridgehead atoms. The van der Waals surface area contributed by atoms with Gasteiger partial charge in [0.1, 0.15) is 0 Å². The third-order valence-electron chi connectivity index (χ3n) is 4.34. The Bertz CT molecular complexity index is 737. The predicted molar refractivity (Wildman–Crippen MR) is 80.7 cm³/mol. The highest BCUT2D eigenvalue weighted by molar-refractivity contribution is 5.78. The van der Waals surface area contributed by atoms with Crippen molar-refractivity contribution in [2.24, 2.45) is 0 Å². The molecule has 0 radical (unpaired) electrons. The van der Waals surface area contributed by atoms with E-state index in [1.54, 1.807) is 0 Å². The van der Waals surface area contributed by atoms with E-state index in [0.717, 1.165) is 5.52 Å². The highest BCUT2D eigenvalue weighted by Crippen LogP contribution is 2.47. The first-order valence-electron chi connectivity index (χ1n) is 7.18. The second-order valence-corrected chi connectivity index (χ2v) is 5.47. The van der Waals surface area contributed by atoms with Crippen LogP contribution in [0.2, 0.25) is 0 Å². The number of nitrogens with zero attached hydrogens (tertiary/aromatic N) is 2. The molecule has 3 aromatic rings. The number of para-hydroxylation sites is 1. The van der Waals surface area contributed by atoms with Crippen molar-refractivity contribution in [3.05, 3.63) is 72.2 Å². The number of hydrogen-bond acceptors (Lipinski definition) is 2. The topological polar surface area (TPSA) is 25.8 Å². The van der Waals surface area contributed by atoms with Crippen LogP contribution >= 0.6 is 0 Å². The number of pyridine rings is 2. The molecule has 2 aromatic heterocycles. The molecule has 2 nitrogen and oxygen atoms in total. The summed E-state index contributed by atoms with van der Waals surface area (Å²) in [6, 6.07) is 18.9. The van der Waals surface area contributed by atoms with Gasteiger partial charge in [-0.15, -0.1) is 0 Å². The normalized spacial score (nSPS) is 21.6. The number of aromatic nitrogens is 2. The lowest BCUT2D eigenvalue weighted by Gasteiger charge is -2.35. The number of benzene rings is 1. The fourth-order valence-electron chi connectivity index (χ4n) is 3.09. The highest BCUT2D eigenvalue weighted by atomic mass is 14.7. The Labute approximate surface area is 118 Å². The fourth-order valence-corrected chi connectivity index (χ4v) is 3.09. The van der Waals surface area contributed by atoms with E-state index in [1.807, 2.05) is 12.3 Å². The zero-order valence-corrected chi connectivity index (χ0v) is 11.2. The van der Waals surface area contributed by atoms with Crippen LogP contribution in [0.25, 0.3) is 10.9 Å². The lowest BCUT2D eigenvalue weighted by Crippen LogP contribution is -2.23. The summed E-state index contributed by atoms with van der Waals surface area (Å²) in [5, 5.41) is 1.21. The summed E-state index contributed by atoms with van der Waals surface area (Å²) in [7, 11) is 0. The lowest BCUT2D eigenvalue weighted by molar-refractivity contribution is 0.334. The van der Waals surface area contributed by atoms with Crippen LogP contribution in [0, 0.1) is 0 Å². The molecule has 4 rings (SSSR count). The highest BCUT2D eigenvalue weighted by Gasteiger charge is 2.35. The fraction of sp³-hybridized carbons (Fsp3) is 0.222. The zero-order chi connectivity index (χ0) is 13.4. The maximum absolute atomic E-state index is 4.85. The van der Waals surface area contributed by atoms with Crippen LogP contribution in [0.15, 0.2) is 60.8 Å². The van der Waals surface area contributed by atoms with Crippen LogP contribution in [0.4, 0.5) is 0 Å². The average molecular weight is 260 g/mol. The Kier molecular flexibility index (Phi) is 2.73. The number of hydrogen-bond donors (Lipinski definition) is 0. The van der Waals surface area contributed by atoms with Crippen LogP contribution in [0.3, 0.4) is 0 Å². The third kappa shape index (κ3) is 1.88. The van der Waals surface area contributed by atoms with E-state index >= 15 is 0 Å². The van der Waals surface area contributed by atoms with Crippen molar-refractivity contribution in [1.29, 1.82) is 0 Å². The maximum Gasteiger partial charge on any atom is 0.0705 e. The van der Waals surface area contributed by atoms with Crippen LogP contribution in [0.5, 0.6) is 0 Å². The van der Waals surface area contributed by atoms with Gasteiger partial charge in [-0.05, 0) is 37.1 Å². The summed E-state index contributed by atoms with van der Waals surface area (Å²) >= 11 is 0. The monoisotopic (exact) mass is 260 g/mol. The molecular formula is C18H16N2. The summed E-state index contributed by atoms with van der Waals surface area (Å²) in [6.45, 7) is 0. The molecule has 0 amide bonds. The molecule has 1 saturated carbocycles. The second kappa shape index (κ2) is 4.71. The molecular weight excluding hydrogens is 244 g/mol. The van der Waals surface area contributed by atoms with E-state index in [-0.39, 0.29) is 0 Å². The van der Waals surface area contributed by atoms with E-state index in [2.05, 4.69) is 53.5 Å². The van der Waals surface area contributed by atoms with Crippen molar-refractivity contribution >= 4 is 10.9 Å². The Balaban J connectivity index is 1.69. The molecule has 2 atom stereocenters. The van der Waals surface area contributed by atoms with Gasteiger partial charge in [-0.3, -0.25) is 9.97 Å². The molecule has 1 fully saturated rings. The molecule has 0 unspecified atom stereocenters. The van der Waals surface area contributed by atoms with Gasteiger partial charge in [0.15, 0.2) is 0 Å². The molecule has 0 spiro atoms. The van der Waals surface area contributed by atoms with Crippen LogP contribution in [-0.4, -0.2) is 9.97 Å². The summed E-state index contributed by atoms with van der Waals surface area (Å²) in [5.74, 6) is 1.05. The molecule has 1 aliphatic rings.